The van der Waals surface area contributed by atoms with Crippen LogP contribution in [0.15, 0.2) is 47.5 Å². The molecule has 10 heteroatoms. The molecule has 0 bridgehead atoms. The summed E-state index contributed by atoms with van der Waals surface area (Å²) in [7, 11) is -3.86. The summed E-state index contributed by atoms with van der Waals surface area (Å²) >= 11 is 1.20. The van der Waals surface area contributed by atoms with Gasteiger partial charge in [-0.3, -0.25) is 9.69 Å². The first kappa shape index (κ1) is 17.5. The summed E-state index contributed by atoms with van der Waals surface area (Å²) in [5.41, 5.74) is 0. The highest BCUT2D eigenvalue weighted by atomic mass is 32.2. The summed E-state index contributed by atoms with van der Waals surface area (Å²) in [5, 5.41) is 11.5. The second-order valence-corrected chi connectivity index (χ2v) is 8.02. The minimum Gasteiger partial charge on any atom is -0.383 e. The number of hydrogen-bond acceptors (Lipinski definition) is 7. The average Bonchev–Trinajstić information content (AvgIpc) is 3.24. The zero-order chi connectivity index (χ0) is 18.0. The Morgan fingerprint density at radius 1 is 1.44 bits per heavy atom. The van der Waals surface area contributed by atoms with E-state index < -0.39 is 22.0 Å². The van der Waals surface area contributed by atoms with Crippen molar-refractivity contribution in [2.24, 2.45) is 0 Å². The average molecular weight is 380 g/mol. The smallest absolute Gasteiger partial charge is 0.267 e. The Morgan fingerprint density at radius 3 is 2.76 bits per heavy atom. The summed E-state index contributed by atoms with van der Waals surface area (Å²) in [6.45, 7) is 4.01. The van der Waals surface area contributed by atoms with Crippen molar-refractivity contribution in [1.29, 1.82) is 0 Å². The molecule has 2 aromatic rings. The first-order valence-electron chi connectivity index (χ1n) is 7.44. The van der Waals surface area contributed by atoms with Crippen molar-refractivity contribution in [2.75, 3.05) is 22.3 Å². The number of anilines is 2. The molecule has 8 nitrogen and oxygen atoms in total. The number of rotatable bonds is 6. The van der Waals surface area contributed by atoms with Crippen molar-refractivity contribution in [3.8, 4) is 0 Å². The van der Waals surface area contributed by atoms with E-state index in [-0.39, 0.29) is 11.4 Å². The van der Waals surface area contributed by atoms with Gasteiger partial charge in [0.25, 0.3) is 15.9 Å². The van der Waals surface area contributed by atoms with Gasteiger partial charge in [0, 0.05) is 30.7 Å². The van der Waals surface area contributed by atoms with E-state index in [9.17, 15) is 18.3 Å². The Balaban J connectivity index is 1.90. The summed E-state index contributed by atoms with van der Waals surface area (Å²) in [4.78, 5) is 21.3. The predicted molar refractivity (Wildman–Crippen MR) is 94.1 cm³/mol. The number of carbonyl (C=O) groups is 1. The van der Waals surface area contributed by atoms with E-state index in [1.54, 1.807) is 5.38 Å². The van der Waals surface area contributed by atoms with Crippen LogP contribution in [0.25, 0.3) is 0 Å². The fourth-order valence-electron chi connectivity index (χ4n) is 2.44. The number of aliphatic hydroxyl groups excluding tert-OH is 1. The minimum absolute atomic E-state index is 0.0134. The normalized spacial score (nSPS) is 17.7. The highest BCUT2D eigenvalue weighted by Crippen LogP contribution is 2.26. The van der Waals surface area contributed by atoms with Gasteiger partial charge in [0.15, 0.2) is 5.13 Å². The van der Waals surface area contributed by atoms with E-state index in [2.05, 4.69) is 16.5 Å². The van der Waals surface area contributed by atoms with E-state index in [1.165, 1.54) is 46.8 Å². The molecule has 1 fully saturated rings. The van der Waals surface area contributed by atoms with Gasteiger partial charge in [0.1, 0.15) is 16.8 Å². The summed E-state index contributed by atoms with van der Waals surface area (Å²) in [6, 6.07) is 2.84. The summed E-state index contributed by atoms with van der Waals surface area (Å²) in [6.07, 6.45) is 3.50. The zero-order valence-corrected chi connectivity index (χ0v) is 14.8. The highest BCUT2D eigenvalue weighted by molar-refractivity contribution is 7.93. The molecule has 1 saturated heterocycles. The van der Waals surface area contributed by atoms with Crippen LogP contribution in [0.5, 0.6) is 0 Å². The van der Waals surface area contributed by atoms with Crippen molar-refractivity contribution >= 4 is 38.2 Å². The lowest BCUT2D eigenvalue weighted by atomic mass is 10.3. The minimum atomic E-state index is -3.86. The third-order valence-corrected chi connectivity index (χ3v) is 6.34. The lowest BCUT2D eigenvalue weighted by molar-refractivity contribution is -0.124. The Kier molecular flexibility index (Phi) is 4.84. The topological polar surface area (TPSA) is 104 Å². The maximum absolute atomic E-state index is 12.9. The summed E-state index contributed by atoms with van der Waals surface area (Å²) in [5.74, 6) is -0.121. The van der Waals surface area contributed by atoms with E-state index in [1.807, 2.05) is 0 Å². The SMILES string of the molecule is C=CCN(c1nccs1)S(=O)(=O)c1ccc(N2CC[C@@H](O)C2=O)nc1. The number of nitrogens with zero attached hydrogens (tertiary/aromatic N) is 4. The van der Waals surface area contributed by atoms with Gasteiger partial charge in [-0.1, -0.05) is 6.08 Å². The van der Waals surface area contributed by atoms with E-state index in [0.29, 0.717) is 23.9 Å². The van der Waals surface area contributed by atoms with Gasteiger partial charge < -0.3 is 5.11 Å². The number of thiazole rings is 1. The van der Waals surface area contributed by atoms with Crippen LogP contribution < -0.4 is 9.21 Å². The molecule has 3 rings (SSSR count). The van der Waals surface area contributed by atoms with Crippen molar-refractivity contribution in [1.82, 2.24) is 9.97 Å². The molecule has 1 aliphatic heterocycles. The van der Waals surface area contributed by atoms with Gasteiger partial charge in [0.2, 0.25) is 0 Å². The molecule has 1 aliphatic rings. The number of amides is 1. The number of sulfonamides is 1. The van der Waals surface area contributed by atoms with Crippen LogP contribution in [0.1, 0.15) is 6.42 Å². The molecule has 0 aromatic carbocycles. The molecule has 1 N–H and O–H groups in total. The fraction of sp³-hybridized carbons (Fsp3) is 0.267. The molecule has 0 saturated carbocycles. The van der Waals surface area contributed by atoms with Crippen molar-refractivity contribution < 1.29 is 18.3 Å². The molecular weight excluding hydrogens is 364 g/mol. The van der Waals surface area contributed by atoms with Crippen LogP contribution in [0.2, 0.25) is 0 Å². The lowest BCUT2D eigenvalue weighted by Crippen LogP contribution is -2.32. The van der Waals surface area contributed by atoms with E-state index >= 15 is 0 Å². The van der Waals surface area contributed by atoms with Crippen LogP contribution >= 0.6 is 11.3 Å². The molecule has 132 valence electrons. The molecule has 25 heavy (non-hydrogen) atoms. The number of aliphatic hydroxyl groups is 1. The van der Waals surface area contributed by atoms with Crippen LogP contribution in [0.3, 0.4) is 0 Å². The third kappa shape index (κ3) is 3.28. The zero-order valence-electron chi connectivity index (χ0n) is 13.1. The van der Waals surface area contributed by atoms with Crippen LogP contribution in [0.4, 0.5) is 10.9 Å². The molecule has 3 heterocycles. The van der Waals surface area contributed by atoms with E-state index in [0.717, 1.165) is 4.31 Å². The number of carbonyl (C=O) groups excluding carboxylic acids is 1. The third-order valence-electron chi connectivity index (χ3n) is 3.69. The predicted octanol–water partition coefficient (Wildman–Crippen LogP) is 1.02. The molecule has 1 atom stereocenters. The van der Waals surface area contributed by atoms with Crippen LogP contribution in [0, 0.1) is 0 Å². The van der Waals surface area contributed by atoms with Gasteiger partial charge in [0.05, 0.1) is 6.54 Å². The van der Waals surface area contributed by atoms with Gasteiger partial charge >= 0.3 is 0 Å². The Morgan fingerprint density at radius 2 is 2.24 bits per heavy atom. The van der Waals surface area contributed by atoms with Crippen LogP contribution in [-0.2, 0) is 14.8 Å². The van der Waals surface area contributed by atoms with Crippen molar-refractivity contribution in [3.05, 3.63) is 42.6 Å². The lowest BCUT2D eigenvalue weighted by Gasteiger charge is -2.20. The van der Waals surface area contributed by atoms with Crippen molar-refractivity contribution in [3.63, 3.8) is 0 Å². The number of hydrogen-bond donors (Lipinski definition) is 1. The molecule has 0 radical (unpaired) electrons. The van der Waals surface area contributed by atoms with Gasteiger partial charge in [-0.05, 0) is 12.1 Å². The summed E-state index contributed by atoms with van der Waals surface area (Å²) < 4.78 is 26.9. The molecule has 0 spiro atoms. The van der Waals surface area contributed by atoms with Gasteiger partial charge in [-0.25, -0.2) is 22.7 Å². The molecule has 1 amide bonds. The Bertz CT molecular complexity index is 865. The van der Waals surface area contributed by atoms with Crippen LogP contribution in [-0.4, -0.2) is 48.6 Å². The van der Waals surface area contributed by atoms with Gasteiger partial charge in [-0.15, -0.1) is 17.9 Å². The standard InChI is InChI=1S/C15H16N4O4S2/c1-2-7-19(15-16-6-9-24-15)25(22,23)11-3-4-13(17-10-11)18-8-5-12(20)14(18)21/h2-4,6,9-10,12,20H,1,5,7-8H2/t12-/m1/s1. The number of aromatic nitrogens is 2. The van der Waals surface area contributed by atoms with Gasteiger partial charge in [-0.2, -0.15) is 0 Å². The number of pyridine rings is 1. The Hall–Kier alpha value is -2.30. The molecular formula is C15H16N4O4S2. The second kappa shape index (κ2) is 6.90. The first-order chi connectivity index (χ1) is 11.9. The first-order valence-corrected chi connectivity index (χ1v) is 9.75. The molecule has 2 aromatic heterocycles. The van der Waals surface area contributed by atoms with Crippen molar-refractivity contribution in [2.45, 2.75) is 17.4 Å². The maximum atomic E-state index is 12.9. The highest BCUT2D eigenvalue weighted by Gasteiger charge is 2.32. The molecule has 0 unspecified atom stereocenters. The van der Waals surface area contributed by atoms with E-state index in [4.69, 9.17) is 0 Å². The quantitative estimate of drug-likeness (QED) is 0.751. The largest absolute Gasteiger partial charge is 0.383 e. The molecule has 0 aliphatic carbocycles. The fourth-order valence-corrected chi connectivity index (χ4v) is 4.66. The second-order valence-electron chi connectivity index (χ2n) is 5.29. The monoisotopic (exact) mass is 380 g/mol. The maximum Gasteiger partial charge on any atom is 0.267 e. The Labute approximate surface area is 149 Å².